The molecule has 10 heavy (non-hydrogen) atoms. The molecule has 0 fully saturated rings. The zero-order valence-electron chi connectivity index (χ0n) is 7.30. The van der Waals surface area contributed by atoms with Crippen LogP contribution in [0.5, 0.6) is 0 Å². The largest absolute Gasteiger partial charge is 0.330 e. The van der Waals surface area contributed by atoms with Gasteiger partial charge in [-0.05, 0) is 24.8 Å². The van der Waals surface area contributed by atoms with Gasteiger partial charge >= 0.3 is 0 Å². The fraction of sp³-hybridized carbons (Fsp3) is 1.00. The maximum absolute atomic E-state index is 5.85. The second-order valence-corrected chi connectivity index (χ2v) is 3.51. The SMILES string of the molecule is CC(C)CC(N)C(C)CN. The van der Waals surface area contributed by atoms with Crippen LogP contribution in [-0.2, 0) is 0 Å². The highest BCUT2D eigenvalue weighted by Gasteiger charge is 2.11. The van der Waals surface area contributed by atoms with E-state index in [2.05, 4.69) is 20.8 Å². The van der Waals surface area contributed by atoms with E-state index >= 15 is 0 Å². The first-order valence-corrected chi connectivity index (χ1v) is 4.03. The second kappa shape index (κ2) is 4.69. The van der Waals surface area contributed by atoms with Crippen molar-refractivity contribution in [3.63, 3.8) is 0 Å². The van der Waals surface area contributed by atoms with E-state index in [0.29, 0.717) is 18.4 Å². The van der Waals surface area contributed by atoms with Crippen molar-refractivity contribution in [1.82, 2.24) is 0 Å². The Balaban J connectivity index is 3.50. The summed E-state index contributed by atoms with van der Waals surface area (Å²) in [4.78, 5) is 0. The van der Waals surface area contributed by atoms with Gasteiger partial charge in [-0.15, -0.1) is 0 Å². The van der Waals surface area contributed by atoms with E-state index < -0.39 is 0 Å². The average Bonchev–Trinajstić information content (AvgIpc) is 1.85. The monoisotopic (exact) mass is 144 g/mol. The van der Waals surface area contributed by atoms with E-state index in [1.807, 2.05) is 0 Å². The number of nitrogens with two attached hydrogens (primary N) is 2. The Bertz CT molecular complexity index is 81.3. The topological polar surface area (TPSA) is 52.0 Å². The molecule has 2 nitrogen and oxygen atoms in total. The highest BCUT2D eigenvalue weighted by Crippen LogP contribution is 2.09. The number of hydrogen-bond acceptors (Lipinski definition) is 2. The first kappa shape index (κ1) is 9.92. The van der Waals surface area contributed by atoms with Crippen LogP contribution in [0.3, 0.4) is 0 Å². The molecule has 4 N–H and O–H groups in total. The minimum atomic E-state index is 0.282. The highest BCUT2D eigenvalue weighted by atomic mass is 14.7. The van der Waals surface area contributed by atoms with Crippen molar-refractivity contribution < 1.29 is 0 Å². The van der Waals surface area contributed by atoms with Crippen molar-refractivity contribution in [2.24, 2.45) is 23.3 Å². The minimum absolute atomic E-state index is 0.282. The lowest BCUT2D eigenvalue weighted by Gasteiger charge is -2.19. The summed E-state index contributed by atoms with van der Waals surface area (Å²) in [5.41, 5.74) is 11.3. The van der Waals surface area contributed by atoms with Crippen molar-refractivity contribution >= 4 is 0 Å². The van der Waals surface area contributed by atoms with Crippen LogP contribution in [0.2, 0.25) is 0 Å². The summed E-state index contributed by atoms with van der Waals surface area (Å²) in [6.45, 7) is 7.17. The van der Waals surface area contributed by atoms with Crippen LogP contribution in [-0.4, -0.2) is 12.6 Å². The molecule has 0 heterocycles. The summed E-state index contributed by atoms with van der Waals surface area (Å²) in [6.07, 6.45) is 1.08. The molecule has 2 heteroatoms. The molecule has 0 aromatic rings. The molecular weight excluding hydrogens is 124 g/mol. The maximum atomic E-state index is 5.85. The first-order valence-electron chi connectivity index (χ1n) is 4.03. The molecule has 0 aliphatic carbocycles. The molecule has 2 atom stereocenters. The van der Waals surface area contributed by atoms with Crippen LogP contribution in [0.25, 0.3) is 0 Å². The van der Waals surface area contributed by atoms with Crippen LogP contribution in [0.15, 0.2) is 0 Å². The molecular formula is C8H20N2. The lowest BCUT2D eigenvalue weighted by molar-refractivity contribution is 0.390. The molecule has 0 rings (SSSR count). The minimum Gasteiger partial charge on any atom is -0.330 e. The highest BCUT2D eigenvalue weighted by molar-refractivity contribution is 4.70. The van der Waals surface area contributed by atoms with E-state index in [4.69, 9.17) is 11.5 Å². The summed E-state index contributed by atoms with van der Waals surface area (Å²) in [5.74, 6) is 1.14. The van der Waals surface area contributed by atoms with Gasteiger partial charge in [-0.1, -0.05) is 20.8 Å². The molecule has 2 unspecified atom stereocenters. The standard InChI is InChI=1S/C8H20N2/c1-6(2)4-8(10)7(3)5-9/h6-8H,4-5,9-10H2,1-3H3. The zero-order chi connectivity index (χ0) is 8.15. The molecule has 0 aromatic heterocycles. The molecule has 0 bridgehead atoms. The smallest absolute Gasteiger partial charge is 0.00789 e. The van der Waals surface area contributed by atoms with E-state index in [9.17, 15) is 0 Å². The lowest BCUT2D eigenvalue weighted by atomic mass is 9.94. The fourth-order valence-corrected chi connectivity index (χ4v) is 0.951. The van der Waals surface area contributed by atoms with Gasteiger partial charge in [-0.25, -0.2) is 0 Å². The second-order valence-electron chi connectivity index (χ2n) is 3.51. The van der Waals surface area contributed by atoms with Gasteiger partial charge in [0.25, 0.3) is 0 Å². The summed E-state index contributed by atoms with van der Waals surface area (Å²) in [6, 6.07) is 0.282. The molecule has 0 aliphatic heterocycles. The summed E-state index contributed by atoms with van der Waals surface area (Å²) < 4.78 is 0. The van der Waals surface area contributed by atoms with Gasteiger partial charge in [0.15, 0.2) is 0 Å². The van der Waals surface area contributed by atoms with E-state index in [1.54, 1.807) is 0 Å². The first-order chi connectivity index (χ1) is 4.57. The number of rotatable bonds is 4. The Labute approximate surface area is 64.0 Å². The third kappa shape index (κ3) is 3.85. The van der Waals surface area contributed by atoms with Crippen LogP contribution in [0.4, 0.5) is 0 Å². The molecule has 0 spiro atoms. The van der Waals surface area contributed by atoms with E-state index in [0.717, 1.165) is 6.42 Å². The fourth-order valence-electron chi connectivity index (χ4n) is 0.951. The summed E-state index contributed by atoms with van der Waals surface area (Å²) >= 11 is 0. The average molecular weight is 144 g/mol. The zero-order valence-corrected chi connectivity index (χ0v) is 7.30. The van der Waals surface area contributed by atoms with Gasteiger partial charge < -0.3 is 11.5 Å². The van der Waals surface area contributed by atoms with Gasteiger partial charge in [0.05, 0.1) is 0 Å². The van der Waals surface area contributed by atoms with Crippen LogP contribution in [0, 0.1) is 11.8 Å². The molecule has 0 aliphatic rings. The maximum Gasteiger partial charge on any atom is 0.00789 e. The van der Waals surface area contributed by atoms with E-state index in [-0.39, 0.29) is 6.04 Å². The number of hydrogen-bond donors (Lipinski definition) is 2. The third-order valence-electron chi connectivity index (χ3n) is 1.85. The Morgan fingerprint density at radius 1 is 1.20 bits per heavy atom. The molecule has 0 amide bonds. The van der Waals surface area contributed by atoms with Crippen molar-refractivity contribution in [3.05, 3.63) is 0 Å². The van der Waals surface area contributed by atoms with Gasteiger partial charge in [-0.3, -0.25) is 0 Å². The van der Waals surface area contributed by atoms with E-state index in [1.165, 1.54) is 0 Å². The Kier molecular flexibility index (Phi) is 4.65. The molecule has 0 saturated heterocycles. The predicted octanol–water partition coefficient (Wildman–Crippen LogP) is 0.955. The Morgan fingerprint density at radius 3 is 2.00 bits per heavy atom. The van der Waals surface area contributed by atoms with Crippen LogP contribution in [0.1, 0.15) is 27.2 Å². The van der Waals surface area contributed by atoms with Crippen molar-refractivity contribution in [3.8, 4) is 0 Å². The van der Waals surface area contributed by atoms with Gasteiger partial charge in [-0.2, -0.15) is 0 Å². The Morgan fingerprint density at radius 2 is 1.70 bits per heavy atom. The van der Waals surface area contributed by atoms with Gasteiger partial charge in [0.1, 0.15) is 0 Å². The Hall–Kier alpha value is -0.0800. The summed E-state index contributed by atoms with van der Waals surface area (Å²) in [7, 11) is 0. The van der Waals surface area contributed by atoms with Crippen molar-refractivity contribution in [2.45, 2.75) is 33.2 Å². The molecule has 0 radical (unpaired) electrons. The van der Waals surface area contributed by atoms with Crippen LogP contribution < -0.4 is 11.5 Å². The quantitative estimate of drug-likeness (QED) is 0.617. The van der Waals surface area contributed by atoms with Gasteiger partial charge in [0.2, 0.25) is 0 Å². The van der Waals surface area contributed by atoms with Gasteiger partial charge in [0, 0.05) is 6.04 Å². The third-order valence-corrected chi connectivity index (χ3v) is 1.85. The summed E-state index contributed by atoms with van der Waals surface area (Å²) in [5, 5.41) is 0. The van der Waals surface area contributed by atoms with Crippen molar-refractivity contribution in [1.29, 1.82) is 0 Å². The molecule has 0 saturated carbocycles. The predicted molar refractivity (Wildman–Crippen MR) is 45.6 cm³/mol. The normalized spacial score (nSPS) is 17.4. The lowest BCUT2D eigenvalue weighted by Crippen LogP contribution is -2.34. The van der Waals surface area contributed by atoms with Crippen molar-refractivity contribution in [2.75, 3.05) is 6.54 Å². The molecule has 62 valence electrons. The molecule has 0 aromatic carbocycles. The van der Waals surface area contributed by atoms with Crippen LogP contribution >= 0.6 is 0 Å².